The number of likely N-dealkylation sites (tertiary alicyclic amines) is 1. The fourth-order valence-electron chi connectivity index (χ4n) is 6.34. The van der Waals surface area contributed by atoms with Crippen molar-refractivity contribution in [3.05, 3.63) is 64.7 Å². The standard InChI is InChI=1S/C32H40F5NO3S/c33-24-11-13-30(31(34)22-24)29-10-5-7-23-21-26(39)12-14-27(23)28(29)9-3-1-2-4-17-38-18-6-8-25(38)15-19-42(40,41)20-16-32(35,36)37/h11-14,21-22,25,39H,1-10,15-20H2/t25-/m0/s1. The lowest BCUT2D eigenvalue weighted by atomic mass is 9.88. The number of allylic oxidation sites excluding steroid dienone is 2. The first-order valence-electron chi connectivity index (χ1n) is 14.9. The number of benzene rings is 2. The Morgan fingerprint density at radius 2 is 1.67 bits per heavy atom. The molecule has 0 aromatic heterocycles. The Balaban J connectivity index is 1.31. The molecule has 4 rings (SSSR count). The van der Waals surface area contributed by atoms with Gasteiger partial charge >= 0.3 is 6.18 Å². The number of aryl methyl sites for hydroxylation is 1. The van der Waals surface area contributed by atoms with Gasteiger partial charge < -0.3 is 10.0 Å². The Bertz CT molecular complexity index is 1360. The third kappa shape index (κ3) is 9.27. The summed E-state index contributed by atoms with van der Waals surface area (Å²) in [5, 5.41) is 10.0. The van der Waals surface area contributed by atoms with Gasteiger partial charge in [0.15, 0.2) is 9.84 Å². The molecule has 1 heterocycles. The Kier molecular flexibility index (Phi) is 11.1. The number of hydrogen-bond donors (Lipinski definition) is 1. The lowest BCUT2D eigenvalue weighted by molar-refractivity contribution is -0.129. The fourth-order valence-corrected chi connectivity index (χ4v) is 7.72. The summed E-state index contributed by atoms with van der Waals surface area (Å²) in [6, 6.07) is 9.12. The van der Waals surface area contributed by atoms with Crippen LogP contribution in [0.1, 0.15) is 87.3 Å². The molecule has 1 atom stereocenters. The Morgan fingerprint density at radius 1 is 0.905 bits per heavy atom. The van der Waals surface area contributed by atoms with Gasteiger partial charge in [-0.2, -0.15) is 13.2 Å². The molecule has 2 aromatic rings. The lowest BCUT2D eigenvalue weighted by Crippen LogP contribution is -2.32. The van der Waals surface area contributed by atoms with E-state index >= 15 is 0 Å². The van der Waals surface area contributed by atoms with Gasteiger partial charge in [0.1, 0.15) is 17.4 Å². The smallest absolute Gasteiger partial charge is 0.390 e. The van der Waals surface area contributed by atoms with E-state index < -0.39 is 39.8 Å². The second kappa shape index (κ2) is 14.3. The summed E-state index contributed by atoms with van der Waals surface area (Å²) in [6.45, 7) is 1.69. The molecule has 10 heteroatoms. The molecular weight excluding hydrogens is 573 g/mol. The summed E-state index contributed by atoms with van der Waals surface area (Å²) in [4.78, 5) is 2.27. The lowest BCUT2D eigenvalue weighted by Gasteiger charge is -2.24. The second-order valence-electron chi connectivity index (χ2n) is 11.6. The quantitative estimate of drug-likeness (QED) is 0.183. The van der Waals surface area contributed by atoms with Crippen molar-refractivity contribution in [1.82, 2.24) is 4.90 Å². The van der Waals surface area contributed by atoms with E-state index in [4.69, 9.17) is 0 Å². The minimum atomic E-state index is -4.47. The van der Waals surface area contributed by atoms with Crippen molar-refractivity contribution in [2.75, 3.05) is 24.6 Å². The number of nitrogens with zero attached hydrogens (tertiary/aromatic N) is 1. The van der Waals surface area contributed by atoms with Crippen molar-refractivity contribution in [2.24, 2.45) is 0 Å². The van der Waals surface area contributed by atoms with E-state index in [9.17, 15) is 35.5 Å². The van der Waals surface area contributed by atoms with Crippen LogP contribution >= 0.6 is 0 Å². The van der Waals surface area contributed by atoms with E-state index in [0.29, 0.717) is 18.4 Å². The number of unbranched alkanes of at least 4 members (excludes halogenated alkanes) is 3. The highest BCUT2D eigenvalue weighted by molar-refractivity contribution is 7.91. The van der Waals surface area contributed by atoms with E-state index in [0.717, 1.165) is 99.2 Å². The van der Waals surface area contributed by atoms with Crippen molar-refractivity contribution in [3.63, 3.8) is 0 Å². The molecule has 0 spiro atoms. The summed E-state index contributed by atoms with van der Waals surface area (Å²) in [5.74, 6) is -2.04. The summed E-state index contributed by atoms with van der Waals surface area (Å²) in [7, 11) is -3.73. The molecule has 2 aromatic carbocycles. The zero-order valence-corrected chi connectivity index (χ0v) is 24.7. The summed E-state index contributed by atoms with van der Waals surface area (Å²) < 4.78 is 90.0. The number of sulfone groups is 1. The number of alkyl halides is 3. The van der Waals surface area contributed by atoms with Gasteiger partial charge in [0.05, 0.1) is 17.9 Å². The Labute approximate surface area is 245 Å². The van der Waals surface area contributed by atoms with Gasteiger partial charge in [-0.15, -0.1) is 0 Å². The Hall–Kier alpha value is -2.46. The number of rotatable bonds is 13. The first-order chi connectivity index (χ1) is 19.9. The molecule has 1 fully saturated rings. The predicted molar refractivity (Wildman–Crippen MR) is 156 cm³/mol. The van der Waals surface area contributed by atoms with Gasteiger partial charge in [0, 0.05) is 17.7 Å². The largest absolute Gasteiger partial charge is 0.508 e. The third-order valence-electron chi connectivity index (χ3n) is 8.49. The van der Waals surface area contributed by atoms with Crippen LogP contribution in [0.15, 0.2) is 36.4 Å². The van der Waals surface area contributed by atoms with Crippen molar-refractivity contribution < 1.29 is 35.5 Å². The molecule has 4 nitrogen and oxygen atoms in total. The maximum absolute atomic E-state index is 14.9. The number of hydrogen-bond acceptors (Lipinski definition) is 4. The van der Waals surface area contributed by atoms with Crippen molar-refractivity contribution in [2.45, 2.75) is 89.3 Å². The fraction of sp³-hybridized carbons (Fsp3) is 0.562. The molecule has 0 amide bonds. The van der Waals surface area contributed by atoms with Gasteiger partial charge in [-0.1, -0.05) is 18.9 Å². The van der Waals surface area contributed by atoms with Crippen molar-refractivity contribution in [1.29, 1.82) is 0 Å². The topological polar surface area (TPSA) is 57.6 Å². The average Bonchev–Trinajstić information content (AvgIpc) is 3.29. The van der Waals surface area contributed by atoms with Crippen LogP contribution in [0.5, 0.6) is 5.75 Å². The number of aromatic hydroxyl groups is 1. The minimum absolute atomic E-state index is 0.0860. The summed E-state index contributed by atoms with van der Waals surface area (Å²) >= 11 is 0. The summed E-state index contributed by atoms with van der Waals surface area (Å²) in [6.07, 6.45) is 3.09. The normalized spacial score (nSPS) is 18.4. The molecule has 0 radical (unpaired) electrons. The molecule has 1 aliphatic carbocycles. The zero-order chi connectivity index (χ0) is 30.3. The van der Waals surface area contributed by atoms with Crippen LogP contribution in [0.4, 0.5) is 22.0 Å². The van der Waals surface area contributed by atoms with E-state index in [1.165, 1.54) is 12.1 Å². The summed E-state index contributed by atoms with van der Waals surface area (Å²) in [5.41, 5.74) is 4.39. The molecular formula is C32H40F5NO3S. The van der Waals surface area contributed by atoms with Crippen LogP contribution in [-0.2, 0) is 16.3 Å². The van der Waals surface area contributed by atoms with Gasteiger partial charge in [-0.25, -0.2) is 17.2 Å². The monoisotopic (exact) mass is 613 g/mol. The van der Waals surface area contributed by atoms with Crippen LogP contribution in [0.2, 0.25) is 0 Å². The highest BCUT2D eigenvalue weighted by Gasteiger charge is 2.31. The van der Waals surface area contributed by atoms with E-state index in [1.54, 1.807) is 12.1 Å². The molecule has 232 valence electrons. The minimum Gasteiger partial charge on any atom is -0.508 e. The van der Waals surface area contributed by atoms with Crippen molar-refractivity contribution >= 4 is 21.0 Å². The third-order valence-corrected chi connectivity index (χ3v) is 10.2. The highest BCUT2D eigenvalue weighted by atomic mass is 32.2. The molecule has 0 unspecified atom stereocenters. The Morgan fingerprint density at radius 3 is 2.43 bits per heavy atom. The number of phenolic OH excluding ortho intramolecular Hbond substituents is 1. The zero-order valence-electron chi connectivity index (χ0n) is 23.9. The molecule has 1 saturated heterocycles. The molecule has 2 aliphatic rings. The highest BCUT2D eigenvalue weighted by Crippen LogP contribution is 2.40. The molecule has 42 heavy (non-hydrogen) atoms. The number of phenols is 1. The van der Waals surface area contributed by atoms with Crippen LogP contribution in [0, 0.1) is 11.6 Å². The van der Waals surface area contributed by atoms with E-state index in [-0.39, 0.29) is 17.5 Å². The molecule has 1 aliphatic heterocycles. The van der Waals surface area contributed by atoms with Crippen molar-refractivity contribution in [3.8, 4) is 5.75 Å². The maximum Gasteiger partial charge on any atom is 0.390 e. The second-order valence-corrected chi connectivity index (χ2v) is 13.9. The predicted octanol–water partition coefficient (Wildman–Crippen LogP) is 8.09. The van der Waals surface area contributed by atoms with E-state index in [2.05, 4.69) is 4.90 Å². The molecule has 0 bridgehead atoms. The van der Waals surface area contributed by atoms with E-state index in [1.807, 2.05) is 6.07 Å². The molecule has 0 saturated carbocycles. The van der Waals surface area contributed by atoms with Gasteiger partial charge in [0.25, 0.3) is 0 Å². The maximum atomic E-state index is 14.9. The first kappa shape index (κ1) is 32.5. The van der Waals surface area contributed by atoms with Crippen LogP contribution in [0.25, 0.3) is 11.1 Å². The first-order valence-corrected chi connectivity index (χ1v) is 16.7. The van der Waals surface area contributed by atoms with Gasteiger partial charge in [-0.3, -0.25) is 0 Å². The number of halogens is 5. The van der Waals surface area contributed by atoms with Gasteiger partial charge in [0.2, 0.25) is 0 Å². The average molecular weight is 614 g/mol. The van der Waals surface area contributed by atoms with Crippen LogP contribution < -0.4 is 0 Å². The van der Waals surface area contributed by atoms with Crippen LogP contribution in [0.3, 0.4) is 0 Å². The molecule has 1 N–H and O–H groups in total. The van der Waals surface area contributed by atoms with Crippen LogP contribution in [-0.4, -0.2) is 55.2 Å². The number of fused-ring (bicyclic) bond motifs is 1. The van der Waals surface area contributed by atoms with Gasteiger partial charge in [-0.05, 0) is 117 Å². The SMILES string of the molecule is O=S(=O)(CC[C@@H]1CCCN1CCCCCCC1=C(c2ccc(F)cc2F)CCCc2cc(O)ccc21)CCC(F)(F)F.